The van der Waals surface area contributed by atoms with Gasteiger partial charge in [-0.05, 0) is 42.9 Å². The molecular formula is C15H21ClN2O2S. The molecule has 1 saturated heterocycles. The van der Waals surface area contributed by atoms with Gasteiger partial charge >= 0.3 is 0 Å². The van der Waals surface area contributed by atoms with Crippen molar-refractivity contribution in [2.75, 3.05) is 18.8 Å². The number of nitrogen functional groups attached to an aromatic ring is 1. The zero-order valence-electron chi connectivity index (χ0n) is 12.0. The number of anilines is 1. The highest BCUT2D eigenvalue weighted by Gasteiger charge is 2.36. The average Bonchev–Trinajstić information content (AvgIpc) is 2.49. The monoisotopic (exact) mass is 328 g/mol. The molecule has 0 bridgehead atoms. The summed E-state index contributed by atoms with van der Waals surface area (Å²) in [7, 11) is -3.46. The number of piperidine rings is 1. The Balaban J connectivity index is 1.83. The summed E-state index contributed by atoms with van der Waals surface area (Å²) in [6, 6.07) is 4.56. The Morgan fingerprint density at radius 2 is 1.86 bits per heavy atom. The highest BCUT2D eigenvalue weighted by atomic mass is 35.5. The summed E-state index contributed by atoms with van der Waals surface area (Å²) in [6.45, 7) is 1.27. The molecular weight excluding hydrogens is 308 g/mol. The number of benzene rings is 1. The van der Waals surface area contributed by atoms with Gasteiger partial charge in [-0.3, -0.25) is 0 Å². The Morgan fingerprint density at radius 1 is 1.14 bits per heavy atom. The minimum Gasteiger partial charge on any atom is -0.397 e. The lowest BCUT2D eigenvalue weighted by molar-refractivity contribution is 0.136. The zero-order valence-corrected chi connectivity index (χ0v) is 13.5. The van der Waals surface area contributed by atoms with Crippen molar-refractivity contribution in [3.8, 4) is 0 Å². The highest BCUT2D eigenvalue weighted by Crippen LogP contribution is 2.38. The SMILES string of the molecule is Nc1cc(S(=O)(=O)N2CCC3CCCCC3C2)ccc1Cl. The molecule has 0 aromatic heterocycles. The van der Waals surface area contributed by atoms with E-state index < -0.39 is 10.0 Å². The van der Waals surface area contributed by atoms with Gasteiger partial charge in [0.1, 0.15) is 0 Å². The van der Waals surface area contributed by atoms with Crippen LogP contribution in [0, 0.1) is 11.8 Å². The maximum absolute atomic E-state index is 12.8. The van der Waals surface area contributed by atoms with Gasteiger partial charge in [-0.2, -0.15) is 4.31 Å². The lowest BCUT2D eigenvalue weighted by atomic mass is 9.76. The zero-order chi connectivity index (χ0) is 15.0. The first-order valence-electron chi connectivity index (χ1n) is 7.53. The molecule has 0 radical (unpaired) electrons. The molecule has 2 fully saturated rings. The number of hydrogen-bond acceptors (Lipinski definition) is 3. The molecule has 2 aliphatic rings. The Bertz CT molecular complexity index is 633. The predicted octanol–water partition coefficient (Wildman–Crippen LogP) is 3.12. The second-order valence-corrected chi connectivity index (χ2v) is 8.48. The van der Waals surface area contributed by atoms with E-state index in [0.717, 1.165) is 12.8 Å². The molecule has 0 amide bonds. The van der Waals surface area contributed by atoms with Gasteiger partial charge < -0.3 is 5.73 Å². The van der Waals surface area contributed by atoms with Gasteiger partial charge in [0.2, 0.25) is 10.0 Å². The fourth-order valence-electron chi connectivity index (χ4n) is 3.62. The third-order valence-corrected chi connectivity index (χ3v) is 7.06. The highest BCUT2D eigenvalue weighted by molar-refractivity contribution is 7.89. The molecule has 2 unspecified atom stereocenters. The van der Waals surface area contributed by atoms with E-state index >= 15 is 0 Å². The molecule has 1 aromatic rings. The first kappa shape index (κ1) is 15.1. The number of sulfonamides is 1. The number of hydrogen-bond donors (Lipinski definition) is 1. The van der Waals surface area contributed by atoms with Crippen LogP contribution in [0.5, 0.6) is 0 Å². The van der Waals surface area contributed by atoms with Gasteiger partial charge in [0.25, 0.3) is 0 Å². The molecule has 1 aliphatic carbocycles. The molecule has 2 N–H and O–H groups in total. The fourth-order valence-corrected chi connectivity index (χ4v) is 5.28. The van der Waals surface area contributed by atoms with E-state index in [2.05, 4.69) is 0 Å². The van der Waals surface area contributed by atoms with Crippen molar-refractivity contribution in [3.63, 3.8) is 0 Å². The first-order chi connectivity index (χ1) is 9.98. The Hall–Kier alpha value is -0.780. The van der Waals surface area contributed by atoms with Crippen LogP contribution in [-0.2, 0) is 10.0 Å². The smallest absolute Gasteiger partial charge is 0.243 e. The fraction of sp³-hybridized carbons (Fsp3) is 0.600. The molecule has 6 heteroatoms. The van der Waals surface area contributed by atoms with Crippen LogP contribution in [-0.4, -0.2) is 25.8 Å². The minimum atomic E-state index is -3.46. The number of nitrogens with zero attached hydrogens (tertiary/aromatic N) is 1. The number of halogens is 1. The number of rotatable bonds is 2. The maximum atomic E-state index is 12.8. The predicted molar refractivity (Wildman–Crippen MR) is 84.7 cm³/mol. The summed E-state index contributed by atoms with van der Waals surface area (Å²) in [4.78, 5) is 0.249. The van der Waals surface area contributed by atoms with Crippen LogP contribution in [0.2, 0.25) is 5.02 Å². The van der Waals surface area contributed by atoms with Crippen molar-refractivity contribution in [1.82, 2.24) is 4.31 Å². The first-order valence-corrected chi connectivity index (χ1v) is 9.35. The molecule has 1 heterocycles. The van der Waals surface area contributed by atoms with Gasteiger partial charge in [0.15, 0.2) is 0 Å². The molecule has 2 atom stereocenters. The molecule has 1 aromatic carbocycles. The van der Waals surface area contributed by atoms with Crippen molar-refractivity contribution in [2.45, 2.75) is 37.0 Å². The second-order valence-electron chi connectivity index (χ2n) is 6.14. The van der Waals surface area contributed by atoms with Crippen molar-refractivity contribution in [3.05, 3.63) is 23.2 Å². The van der Waals surface area contributed by atoms with Gasteiger partial charge in [-0.15, -0.1) is 0 Å². The van der Waals surface area contributed by atoms with E-state index in [1.165, 1.54) is 25.3 Å². The summed E-state index contributed by atoms with van der Waals surface area (Å²) in [5.41, 5.74) is 6.05. The van der Waals surface area contributed by atoms with E-state index in [-0.39, 0.29) is 4.90 Å². The van der Waals surface area contributed by atoms with Crippen molar-refractivity contribution in [1.29, 1.82) is 0 Å². The van der Waals surface area contributed by atoms with Crippen LogP contribution in [0.3, 0.4) is 0 Å². The lowest BCUT2D eigenvalue weighted by Gasteiger charge is -2.40. The van der Waals surface area contributed by atoms with E-state index in [1.807, 2.05) is 0 Å². The lowest BCUT2D eigenvalue weighted by Crippen LogP contribution is -2.44. The summed E-state index contributed by atoms with van der Waals surface area (Å²) < 4.78 is 27.1. The topological polar surface area (TPSA) is 63.4 Å². The van der Waals surface area contributed by atoms with Crippen LogP contribution in [0.15, 0.2) is 23.1 Å². The van der Waals surface area contributed by atoms with Crippen LogP contribution in [0.25, 0.3) is 0 Å². The molecule has 116 valence electrons. The molecule has 1 saturated carbocycles. The quantitative estimate of drug-likeness (QED) is 0.848. The Kier molecular flexibility index (Phi) is 4.17. The van der Waals surface area contributed by atoms with Crippen LogP contribution in [0.4, 0.5) is 5.69 Å². The Labute approximate surface area is 131 Å². The molecule has 21 heavy (non-hydrogen) atoms. The Morgan fingerprint density at radius 3 is 2.57 bits per heavy atom. The maximum Gasteiger partial charge on any atom is 0.243 e. The summed E-state index contributed by atoms with van der Waals surface area (Å²) in [5, 5.41) is 0.389. The number of nitrogens with two attached hydrogens (primary N) is 1. The van der Waals surface area contributed by atoms with Crippen molar-refractivity contribution >= 4 is 27.3 Å². The molecule has 4 nitrogen and oxygen atoms in total. The van der Waals surface area contributed by atoms with E-state index in [1.54, 1.807) is 16.4 Å². The molecule has 1 aliphatic heterocycles. The average molecular weight is 329 g/mol. The van der Waals surface area contributed by atoms with Crippen molar-refractivity contribution < 1.29 is 8.42 Å². The van der Waals surface area contributed by atoms with Gasteiger partial charge in [-0.25, -0.2) is 8.42 Å². The van der Waals surface area contributed by atoms with E-state index in [4.69, 9.17) is 17.3 Å². The van der Waals surface area contributed by atoms with Crippen LogP contribution in [0.1, 0.15) is 32.1 Å². The van der Waals surface area contributed by atoms with E-state index in [0.29, 0.717) is 35.6 Å². The largest absolute Gasteiger partial charge is 0.397 e. The van der Waals surface area contributed by atoms with Crippen molar-refractivity contribution in [2.24, 2.45) is 11.8 Å². The minimum absolute atomic E-state index is 0.249. The molecule has 3 rings (SSSR count). The van der Waals surface area contributed by atoms with Gasteiger partial charge in [0, 0.05) is 13.1 Å². The van der Waals surface area contributed by atoms with E-state index in [9.17, 15) is 8.42 Å². The second kappa shape index (κ2) is 5.78. The summed E-state index contributed by atoms with van der Waals surface area (Å²) in [5.74, 6) is 1.23. The van der Waals surface area contributed by atoms with Gasteiger partial charge in [0.05, 0.1) is 15.6 Å². The summed E-state index contributed by atoms with van der Waals surface area (Å²) in [6.07, 6.45) is 5.91. The third-order valence-electron chi connectivity index (χ3n) is 4.86. The third kappa shape index (κ3) is 2.91. The van der Waals surface area contributed by atoms with Crippen LogP contribution >= 0.6 is 11.6 Å². The standard InChI is InChI=1S/C15H21ClN2O2S/c16-14-6-5-13(9-15(14)17)21(19,20)18-8-7-11-3-1-2-4-12(11)10-18/h5-6,9,11-12H,1-4,7-8,10,17H2. The van der Waals surface area contributed by atoms with Crippen LogP contribution < -0.4 is 5.73 Å². The van der Waals surface area contributed by atoms with Gasteiger partial charge in [-0.1, -0.05) is 30.9 Å². The summed E-state index contributed by atoms with van der Waals surface area (Å²) >= 11 is 5.87. The number of fused-ring (bicyclic) bond motifs is 1. The normalized spacial score (nSPS) is 27.3. The molecule has 0 spiro atoms.